The number of nitrogens with two attached hydrogens (primary N) is 1. The van der Waals surface area contributed by atoms with Crippen LogP contribution in [0.2, 0.25) is 0 Å². The van der Waals surface area contributed by atoms with Crippen LogP contribution in [0.5, 0.6) is 0 Å². The van der Waals surface area contributed by atoms with Gasteiger partial charge in [0, 0.05) is 34.1 Å². The Labute approximate surface area is 131 Å². The highest BCUT2D eigenvalue weighted by atomic mass is 32.2. The Balaban J connectivity index is 1.51. The molecular weight excluding hydrogens is 300 g/mol. The predicted octanol–water partition coefficient (Wildman–Crippen LogP) is 4.39. The Morgan fingerprint density at radius 3 is 3.14 bits per heavy atom. The molecule has 2 N–H and O–H groups in total. The zero-order valence-electron chi connectivity index (χ0n) is 11.3. The normalized spacial score (nSPS) is 17.2. The van der Waals surface area contributed by atoms with Gasteiger partial charge in [-0.1, -0.05) is 30.0 Å². The summed E-state index contributed by atoms with van der Waals surface area (Å²) in [5.41, 5.74) is 9.55. The van der Waals surface area contributed by atoms with Gasteiger partial charge in [0.15, 0.2) is 5.58 Å². The lowest BCUT2D eigenvalue weighted by Crippen LogP contribution is -1.99. The van der Waals surface area contributed by atoms with Crippen LogP contribution in [0.4, 0.5) is 5.69 Å². The Bertz CT molecular complexity index is 800. The van der Waals surface area contributed by atoms with Crippen molar-refractivity contribution < 1.29 is 4.42 Å². The van der Waals surface area contributed by atoms with Gasteiger partial charge in [-0.3, -0.25) is 0 Å². The molecule has 3 nitrogen and oxygen atoms in total. The third-order valence-electron chi connectivity index (χ3n) is 3.60. The maximum atomic E-state index is 5.76. The number of aromatic nitrogens is 1. The molecule has 21 heavy (non-hydrogen) atoms. The minimum atomic E-state index is 0.566. The van der Waals surface area contributed by atoms with Gasteiger partial charge in [-0.15, -0.1) is 11.8 Å². The summed E-state index contributed by atoms with van der Waals surface area (Å²) in [6.07, 6.45) is 0. The summed E-state index contributed by atoms with van der Waals surface area (Å²) < 4.78 is 5.76. The third kappa shape index (κ3) is 2.51. The van der Waals surface area contributed by atoms with Gasteiger partial charge in [0.05, 0.1) is 0 Å². The fraction of sp³-hybridized carbons (Fsp3) is 0.188. The number of oxazole rings is 1. The fourth-order valence-corrected chi connectivity index (χ4v) is 4.88. The van der Waals surface area contributed by atoms with E-state index >= 15 is 0 Å². The zero-order valence-corrected chi connectivity index (χ0v) is 12.9. The number of hydrogen-bond acceptors (Lipinski definition) is 5. The van der Waals surface area contributed by atoms with Crippen molar-refractivity contribution in [3.05, 3.63) is 48.0 Å². The van der Waals surface area contributed by atoms with Gasteiger partial charge in [0.25, 0.3) is 5.22 Å². The van der Waals surface area contributed by atoms with Crippen LogP contribution >= 0.6 is 23.5 Å². The van der Waals surface area contributed by atoms with E-state index in [0.29, 0.717) is 11.6 Å². The van der Waals surface area contributed by atoms with Crippen molar-refractivity contribution >= 4 is 40.3 Å². The van der Waals surface area contributed by atoms with E-state index in [4.69, 9.17) is 10.2 Å². The molecule has 2 aromatic carbocycles. The lowest BCUT2D eigenvalue weighted by molar-refractivity contribution is 0.489. The van der Waals surface area contributed by atoms with Crippen molar-refractivity contribution in [3.63, 3.8) is 0 Å². The van der Waals surface area contributed by atoms with Crippen LogP contribution in [0.15, 0.2) is 57.0 Å². The maximum absolute atomic E-state index is 5.76. The van der Waals surface area contributed by atoms with E-state index in [-0.39, 0.29) is 0 Å². The van der Waals surface area contributed by atoms with Crippen molar-refractivity contribution in [3.8, 4) is 0 Å². The quantitative estimate of drug-likeness (QED) is 0.574. The van der Waals surface area contributed by atoms with Gasteiger partial charge < -0.3 is 10.2 Å². The molecule has 4 rings (SSSR count). The summed E-state index contributed by atoms with van der Waals surface area (Å²) in [7, 11) is 0. The number of anilines is 1. The Morgan fingerprint density at radius 2 is 2.19 bits per heavy atom. The first kappa shape index (κ1) is 13.1. The van der Waals surface area contributed by atoms with E-state index in [1.807, 2.05) is 30.0 Å². The van der Waals surface area contributed by atoms with E-state index in [0.717, 1.165) is 27.8 Å². The molecule has 0 spiro atoms. The lowest BCUT2D eigenvalue weighted by Gasteiger charge is -2.07. The molecule has 106 valence electrons. The molecular formula is C16H14N2OS2. The topological polar surface area (TPSA) is 52.0 Å². The highest BCUT2D eigenvalue weighted by Gasteiger charge is 2.23. The molecule has 1 aliphatic rings. The molecule has 0 radical (unpaired) electrons. The predicted molar refractivity (Wildman–Crippen MR) is 89.1 cm³/mol. The SMILES string of the molecule is Nc1ccc2nc(SCC3CSc4ccccc43)oc2c1. The third-order valence-corrected chi connectivity index (χ3v) is 5.84. The second-order valence-electron chi connectivity index (χ2n) is 5.06. The number of nitrogen functional groups attached to an aromatic ring is 1. The number of rotatable bonds is 3. The van der Waals surface area contributed by atoms with Crippen LogP contribution < -0.4 is 5.73 Å². The van der Waals surface area contributed by atoms with Crippen molar-refractivity contribution in [1.29, 1.82) is 0 Å². The second kappa shape index (κ2) is 5.31. The van der Waals surface area contributed by atoms with Crippen molar-refractivity contribution in [1.82, 2.24) is 4.98 Å². The van der Waals surface area contributed by atoms with E-state index in [1.54, 1.807) is 11.8 Å². The molecule has 0 fully saturated rings. The number of nitrogens with zero attached hydrogens (tertiary/aromatic N) is 1. The van der Waals surface area contributed by atoms with E-state index in [9.17, 15) is 0 Å². The van der Waals surface area contributed by atoms with Gasteiger partial charge in [-0.2, -0.15) is 0 Å². The summed E-state index contributed by atoms with van der Waals surface area (Å²) in [5, 5.41) is 0.727. The molecule has 2 heterocycles. The van der Waals surface area contributed by atoms with E-state index < -0.39 is 0 Å². The molecule has 1 aliphatic heterocycles. The Hall–Kier alpha value is -1.59. The molecule has 5 heteroatoms. The van der Waals surface area contributed by atoms with E-state index in [2.05, 4.69) is 29.2 Å². The number of benzene rings is 2. The van der Waals surface area contributed by atoms with Crippen molar-refractivity contribution in [2.75, 3.05) is 17.2 Å². The fourth-order valence-electron chi connectivity index (χ4n) is 2.52. The molecule has 0 amide bonds. The van der Waals surface area contributed by atoms with Gasteiger partial charge in [-0.25, -0.2) is 4.98 Å². The number of fused-ring (bicyclic) bond motifs is 2. The highest BCUT2D eigenvalue weighted by molar-refractivity contribution is 8.00. The van der Waals surface area contributed by atoms with Gasteiger partial charge in [0.1, 0.15) is 5.52 Å². The standard InChI is InChI=1S/C16H14N2OS2/c17-11-5-6-13-14(7-11)19-16(18-13)21-9-10-8-20-15-4-2-1-3-12(10)15/h1-7,10H,8-9,17H2. The Morgan fingerprint density at radius 1 is 1.29 bits per heavy atom. The monoisotopic (exact) mass is 314 g/mol. The van der Waals surface area contributed by atoms with Gasteiger partial charge in [-0.05, 0) is 23.8 Å². The maximum Gasteiger partial charge on any atom is 0.256 e. The number of thioether (sulfide) groups is 2. The molecule has 1 aromatic heterocycles. The van der Waals surface area contributed by atoms with Crippen LogP contribution in [0.25, 0.3) is 11.1 Å². The summed E-state index contributed by atoms with van der Waals surface area (Å²) in [6.45, 7) is 0. The first-order valence-corrected chi connectivity index (χ1v) is 8.77. The number of hydrogen-bond donors (Lipinski definition) is 1. The molecule has 0 saturated carbocycles. The zero-order chi connectivity index (χ0) is 14.2. The van der Waals surface area contributed by atoms with Crippen LogP contribution in [0, 0.1) is 0 Å². The van der Waals surface area contributed by atoms with Crippen LogP contribution in [-0.2, 0) is 0 Å². The summed E-state index contributed by atoms with van der Waals surface area (Å²) in [5.74, 6) is 2.70. The summed E-state index contributed by atoms with van der Waals surface area (Å²) >= 11 is 3.62. The summed E-state index contributed by atoms with van der Waals surface area (Å²) in [6, 6.07) is 14.2. The van der Waals surface area contributed by atoms with Crippen LogP contribution in [0.1, 0.15) is 11.5 Å². The largest absolute Gasteiger partial charge is 0.431 e. The average molecular weight is 314 g/mol. The van der Waals surface area contributed by atoms with Crippen molar-refractivity contribution in [2.45, 2.75) is 16.0 Å². The minimum absolute atomic E-state index is 0.566. The molecule has 0 aliphatic carbocycles. The van der Waals surface area contributed by atoms with E-state index in [1.165, 1.54) is 10.5 Å². The van der Waals surface area contributed by atoms with Crippen molar-refractivity contribution in [2.24, 2.45) is 0 Å². The molecule has 0 bridgehead atoms. The summed E-state index contributed by atoms with van der Waals surface area (Å²) in [4.78, 5) is 5.92. The Kier molecular flexibility index (Phi) is 3.31. The first-order valence-electron chi connectivity index (χ1n) is 6.80. The minimum Gasteiger partial charge on any atom is -0.431 e. The van der Waals surface area contributed by atoms with Crippen LogP contribution in [0.3, 0.4) is 0 Å². The lowest BCUT2D eigenvalue weighted by atomic mass is 10.0. The first-order chi connectivity index (χ1) is 10.3. The molecule has 1 atom stereocenters. The molecule has 0 saturated heterocycles. The van der Waals surface area contributed by atoms with Crippen LogP contribution in [-0.4, -0.2) is 16.5 Å². The van der Waals surface area contributed by atoms with Gasteiger partial charge >= 0.3 is 0 Å². The molecule has 1 unspecified atom stereocenters. The average Bonchev–Trinajstić information content (AvgIpc) is 3.08. The van der Waals surface area contributed by atoms with Gasteiger partial charge in [0.2, 0.25) is 0 Å². The molecule has 3 aromatic rings. The smallest absolute Gasteiger partial charge is 0.256 e. The highest BCUT2D eigenvalue weighted by Crippen LogP contribution is 2.41. The second-order valence-corrected chi connectivity index (χ2v) is 7.10.